The van der Waals surface area contributed by atoms with Crippen LogP contribution >= 0.6 is 7.82 Å². The number of unbranched alkanes of at least 4 members (excludes halogenated alkanes) is 57. The summed E-state index contributed by atoms with van der Waals surface area (Å²) >= 11 is 0. The van der Waals surface area contributed by atoms with Crippen LogP contribution in [0.15, 0.2) is 36.5 Å². The molecule has 0 saturated heterocycles. The second kappa shape index (κ2) is 70.0. The van der Waals surface area contributed by atoms with E-state index >= 15 is 0 Å². The van der Waals surface area contributed by atoms with E-state index in [1.165, 1.54) is 353 Å². The molecule has 0 aliphatic rings. The fraction of sp³-hybridized carbons (Fsp3) is 0.911. The number of allylic oxidation sites excluding steroid dienone is 5. The Morgan fingerprint density at radius 3 is 0.909 bits per heavy atom. The van der Waals surface area contributed by atoms with Crippen LogP contribution in [-0.4, -0.2) is 73.4 Å². The normalized spacial score (nSPS) is 13.7. The van der Waals surface area contributed by atoms with Crippen LogP contribution in [0.25, 0.3) is 0 Å². The first-order valence-corrected chi connectivity index (χ1v) is 40.9. The molecule has 0 bridgehead atoms. The van der Waals surface area contributed by atoms with E-state index in [1.807, 2.05) is 27.2 Å². The summed E-state index contributed by atoms with van der Waals surface area (Å²) < 4.78 is 23.8. The minimum absolute atomic E-state index is 0.0586. The maximum atomic E-state index is 13.1. The maximum absolute atomic E-state index is 13.1. The van der Waals surface area contributed by atoms with E-state index in [1.54, 1.807) is 6.08 Å². The highest BCUT2D eigenvalue weighted by atomic mass is 31.2. The molecule has 3 unspecified atom stereocenters. The number of hydrogen-bond donors (Lipinski definition) is 3. The second-order valence-electron chi connectivity index (χ2n) is 28.4. The van der Waals surface area contributed by atoms with E-state index in [4.69, 9.17) is 9.05 Å². The third-order valence-corrected chi connectivity index (χ3v) is 19.3. The molecule has 0 aromatic rings. The number of aliphatic hydroxyl groups excluding tert-OH is 1. The van der Waals surface area contributed by atoms with Gasteiger partial charge in [-0.05, 0) is 57.8 Å². The number of nitrogens with zero attached hydrogens (tertiary/aromatic N) is 1. The molecule has 0 aromatic carbocycles. The Bertz CT molecular complexity index is 1530. The third kappa shape index (κ3) is 72.2. The molecule has 1 amide bonds. The van der Waals surface area contributed by atoms with Gasteiger partial charge >= 0.3 is 7.82 Å². The number of phosphoric acid groups is 1. The fourth-order valence-electron chi connectivity index (χ4n) is 12.2. The van der Waals surface area contributed by atoms with Crippen molar-refractivity contribution in [3.63, 3.8) is 0 Å². The van der Waals surface area contributed by atoms with Gasteiger partial charge in [0.05, 0.1) is 39.9 Å². The van der Waals surface area contributed by atoms with E-state index in [2.05, 4.69) is 43.5 Å². The second-order valence-corrected chi connectivity index (χ2v) is 29.9. The van der Waals surface area contributed by atoms with Crippen molar-refractivity contribution in [3.05, 3.63) is 36.5 Å². The molecule has 0 aliphatic carbocycles. The number of hydrogen-bond acceptors (Lipinski definition) is 5. The van der Waals surface area contributed by atoms with Gasteiger partial charge in [-0.2, -0.15) is 0 Å². The molecule has 522 valence electrons. The SMILES string of the molecule is CCCCCCCCCC/C=C\CCCCCCCCCCCCCCCCCCCCCCCCCCCCCCCC(=O)NC(COP(=O)(O)OCC[N+](C)(C)C)C(O)/C=C/CC/C=C/CCCCCCCCCCCCCCCCCCCCC. The number of quaternary nitrogens is 1. The number of likely N-dealkylation sites (N-methyl/N-ethyl adjacent to an activating group) is 1. The van der Waals surface area contributed by atoms with E-state index in [-0.39, 0.29) is 19.1 Å². The standard InChI is InChI=1S/C79H155N2O6P/c1-6-8-10-12-14-16-18-20-22-24-26-28-30-32-33-34-35-36-37-38-39-40-41-42-43-44-45-46-47-49-51-53-55-57-59-61-63-65-67-69-71-73-79(83)80-77(76-87-88(84,85)86-75-74-81(3,4)5)78(82)72-70-68-66-64-62-60-58-56-54-52-50-48-31-29-27-25-23-21-19-17-15-13-11-9-7-2/h24,26,62,64,70,72,77-78,82H,6-23,25,27-61,63,65-69,71,73-76H2,1-5H3,(H-,80,83,84,85)/p+1/b26-24-,64-62+,72-70+. The van der Waals surface area contributed by atoms with E-state index < -0.39 is 20.0 Å². The summed E-state index contributed by atoms with van der Waals surface area (Å²) in [5.74, 6) is -0.177. The van der Waals surface area contributed by atoms with Gasteiger partial charge in [0.1, 0.15) is 13.2 Å². The predicted octanol–water partition coefficient (Wildman–Crippen LogP) is 25.6. The first-order valence-electron chi connectivity index (χ1n) is 39.4. The van der Waals surface area contributed by atoms with Crippen LogP contribution in [0.3, 0.4) is 0 Å². The first kappa shape index (κ1) is 86.7. The highest BCUT2D eigenvalue weighted by Crippen LogP contribution is 2.43. The Hall–Kier alpha value is -1.28. The van der Waals surface area contributed by atoms with Crippen LogP contribution < -0.4 is 5.32 Å². The van der Waals surface area contributed by atoms with Gasteiger partial charge in [-0.15, -0.1) is 0 Å². The maximum Gasteiger partial charge on any atom is 0.472 e. The zero-order chi connectivity index (χ0) is 64.1. The van der Waals surface area contributed by atoms with Crippen LogP contribution in [0.5, 0.6) is 0 Å². The lowest BCUT2D eigenvalue weighted by Gasteiger charge is -2.25. The fourth-order valence-corrected chi connectivity index (χ4v) is 13.0. The van der Waals surface area contributed by atoms with Gasteiger partial charge in [-0.3, -0.25) is 13.8 Å². The molecule has 0 radical (unpaired) electrons. The molecule has 3 N–H and O–H groups in total. The molecule has 88 heavy (non-hydrogen) atoms. The summed E-state index contributed by atoms with van der Waals surface area (Å²) in [6.45, 7) is 4.86. The summed E-state index contributed by atoms with van der Waals surface area (Å²) in [4.78, 5) is 23.5. The first-order chi connectivity index (χ1) is 43.0. The smallest absolute Gasteiger partial charge is 0.387 e. The van der Waals surface area contributed by atoms with Gasteiger partial charge in [0.25, 0.3) is 0 Å². The van der Waals surface area contributed by atoms with Crippen molar-refractivity contribution in [2.24, 2.45) is 0 Å². The third-order valence-electron chi connectivity index (χ3n) is 18.3. The van der Waals surface area contributed by atoms with Crippen LogP contribution in [-0.2, 0) is 18.4 Å². The van der Waals surface area contributed by atoms with Crippen LogP contribution in [0.1, 0.15) is 412 Å². The topological polar surface area (TPSA) is 105 Å². The van der Waals surface area contributed by atoms with Gasteiger partial charge in [0.15, 0.2) is 0 Å². The number of rotatable bonds is 74. The van der Waals surface area contributed by atoms with Gasteiger partial charge in [0, 0.05) is 6.42 Å². The molecule has 0 saturated carbocycles. The summed E-state index contributed by atoms with van der Waals surface area (Å²) in [7, 11) is 1.58. The molecular formula is C79H156N2O6P+. The lowest BCUT2D eigenvalue weighted by molar-refractivity contribution is -0.870. The van der Waals surface area contributed by atoms with Crippen molar-refractivity contribution in [1.82, 2.24) is 5.32 Å². The Morgan fingerprint density at radius 2 is 0.625 bits per heavy atom. The Morgan fingerprint density at radius 1 is 0.375 bits per heavy atom. The molecule has 0 spiro atoms. The predicted molar refractivity (Wildman–Crippen MR) is 388 cm³/mol. The molecule has 9 heteroatoms. The molecule has 0 rings (SSSR count). The van der Waals surface area contributed by atoms with Gasteiger partial charge in [-0.25, -0.2) is 4.57 Å². The molecule has 0 aliphatic heterocycles. The number of phosphoric ester groups is 1. The van der Waals surface area contributed by atoms with E-state index in [9.17, 15) is 19.4 Å². The Kier molecular flexibility index (Phi) is 69.0. The zero-order valence-electron chi connectivity index (χ0n) is 60.0. The average Bonchev–Trinajstić information content (AvgIpc) is 3.71. The quantitative estimate of drug-likeness (QED) is 0.0243. The molecular weight excluding hydrogens is 1100 g/mol. The lowest BCUT2D eigenvalue weighted by Crippen LogP contribution is -2.45. The molecule has 0 fully saturated rings. The largest absolute Gasteiger partial charge is 0.472 e. The summed E-state index contributed by atoms with van der Waals surface area (Å²) in [6.07, 6.45) is 94.9. The minimum Gasteiger partial charge on any atom is -0.387 e. The monoisotopic (exact) mass is 1260 g/mol. The summed E-state index contributed by atoms with van der Waals surface area (Å²) in [6, 6.07) is -0.863. The average molecular weight is 1260 g/mol. The molecule has 3 atom stereocenters. The van der Waals surface area contributed by atoms with Crippen LogP contribution in [0.2, 0.25) is 0 Å². The van der Waals surface area contributed by atoms with Crippen molar-refractivity contribution in [1.29, 1.82) is 0 Å². The number of nitrogens with one attached hydrogen (secondary N) is 1. The van der Waals surface area contributed by atoms with E-state index in [0.29, 0.717) is 17.4 Å². The van der Waals surface area contributed by atoms with E-state index in [0.717, 1.165) is 38.5 Å². The van der Waals surface area contributed by atoms with Crippen molar-refractivity contribution >= 4 is 13.7 Å². The molecule has 8 nitrogen and oxygen atoms in total. The Labute approximate surface area is 550 Å². The molecule has 0 heterocycles. The van der Waals surface area contributed by atoms with Gasteiger partial charge in [0.2, 0.25) is 5.91 Å². The lowest BCUT2D eigenvalue weighted by atomic mass is 10.0. The van der Waals surface area contributed by atoms with Crippen LogP contribution in [0.4, 0.5) is 0 Å². The molecule has 0 aromatic heterocycles. The minimum atomic E-state index is -4.36. The van der Waals surface area contributed by atoms with Crippen molar-refractivity contribution in [3.8, 4) is 0 Å². The summed E-state index contributed by atoms with van der Waals surface area (Å²) in [5, 5.41) is 14.0. The highest BCUT2D eigenvalue weighted by molar-refractivity contribution is 7.47. The van der Waals surface area contributed by atoms with Crippen LogP contribution in [0, 0.1) is 0 Å². The number of aliphatic hydroxyl groups is 1. The highest BCUT2D eigenvalue weighted by Gasteiger charge is 2.28. The van der Waals surface area contributed by atoms with Crippen molar-refractivity contribution in [2.45, 2.75) is 424 Å². The zero-order valence-corrected chi connectivity index (χ0v) is 60.9. The van der Waals surface area contributed by atoms with Crippen molar-refractivity contribution in [2.75, 3.05) is 40.9 Å². The van der Waals surface area contributed by atoms with Crippen molar-refractivity contribution < 1.29 is 32.9 Å². The van der Waals surface area contributed by atoms with Gasteiger partial charge in [-0.1, -0.05) is 384 Å². The summed E-state index contributed by atoms with van der Waals surface area (Å²) in [5.41, 5.74) is 0. The van der Waals surface area contributed by atoms with Gasteiger partial charge < -0.3 is 19.8 Å². The number of amides is 1. The number of carbonyl (C=O) groups is 1. The Balaban J connectivity index is 3.92. The number of carbonyl (C=O) groups excluding carboxylic acids is 1.